The summed E-state index contributed by atoms with van der Waals surface area (Å²) >= 11 is 0. The maximum atomic E-state index is 12.6. The summed E-state index contributed by atoms with van der Waals surface area (Å²) in [5, 5.41) is 7.09. The van der Waals surface area contributed by atoms with Gasteiger partial charge in [0.2, 0.25) is 11.8 Å². The van der Waals surface area contributed by atoms with E-state index in [0.29, 0.717) is 31.7 Å². The van der Waals surface area contributed by atoms with Crippen molar-refractivity contribution in [3.05, 3.63) is 66.2 Å². The van der Waals surface area contributed by atoms with E-state index in [0.717, 1.165) is 24.2 Å². The first-order valence-electron chi connectivity index (χ1n) is 16.1. The molecule has 3 amide bonds. The standard InChI is InChI=1S/C35H52N4O4/c1-3-5-6-7-8-9-10-11-12-16-27-36-33(40)20-17-28-43-32-24-22-31(23-25-32)38-39(4-2)35(42)29-37-34(41)26-21-30-18-14-13-15-19-30/h13-15,18-19,21-26,38H,3-12,16-17,20,27-29H2,1-2H3,(H,36,40)(H,37,41)/b26-21+. The lowest BCUT2D eigenvalue weighted by molar-refractivity contribution is -0.130. The summed E-state index contributed by atoms with van der Waals surface area (Å²) in [4.78, 5) is 36.8. The predicted molar refractivity (Wildman–Crippen MR) is 176 cm³/mol. The molecule has 2 aromatic carbocycles. The average molecular weight is 593 g/mol. The molecule has 0 unspecified atom stereocenters. The molecule has 0 saturated carbocycles. The highest BCUT2D eigenvalue weighted by atomic mass is 16.5. The molecule has 8 nitrogen and oxygen atoms in total. The van der Waals surface area contributed by atoms with E-state index in [-0.39, 0.29) is 24.3 Å². The lowest BCUT2D eigenvalue weighted by Gasteiger charge is -2.23. The minimum atomic E-state index is -0.332. The Kier molecular flexibility index (Phi) is 18.7. The van der Waals surface area contributed by atoms with Gasteiger partial charge >= 0.3 is 0 Å². The van der Waals surface area contributed by atoms with E-state index in [2.05, 4.69) is 23.0 Å². The molecule has 0 bridgehead atoms. The molecule has 3 N–H and O–H groups in total. The summed E-state index contributed by atoms with van der Waals surface area (Å²) < 4.78 is 5.78. The Bertz CT molecular complexity index is 1070. The van der Waals surface area contributed by atoms with Crippen molar-refractivity contribution in [3.8, 4) is 5.75 Å². The van der Waals surface area contributed by atoms with Gasteiger partial charge < -0.3 is 15.4 Å². The fraction of sp³-hybridized carbons (Fsp3) is 0.514. The van der Waals surface area contributed by atoms with Crippen molar-refractivity contribution in [1.82, 2.24) is 15.6 Å². The highest BCUT2D eigenvalue weighted by Gasteiger charge is 2.12. The third kappa shape index (κ3) is 17.0. The van der Waals surface area contributed by atoms with Crippen LogP contribution in [-0.4, -0.2) is 49.0 Å². The van der Waals surface area contributed by atoms with E-state index in [1.54, 1.807) is 6.08 Å². The number of carbonyl (C=O) groups excluding carboxylic acids is 3. The zero-order valence-corrected chi connectivity index (χ0v) is 26.2. The first-order chi connectivity index (χ1) is 21.0. The van der Waals surface area contributed by atoms with Crippen molar-refractivity contribution < 1.29 is 19.1 Å². The van der Waals surface area contributed by atoms with Crippen LogP contribution in [0, 0.1) is 0 Å². The SMILES string of the molecule is CCCCCCCCCCCCNC(=O)CCCOc1ccc(NN(CC)C(=O)CNC(=O)/C=C/c2ccccc2)cc1. The van der Waals surface area contributed by atoms with Crippen LogP contribution in [0.15, 0.2) is 60.7 Å². The van der Waals surface area contributed by atoms with Crippen molar-refractivity contribution in [2.24, 2.45) is 0 Å². The molecular weight excluding hydrogens is 540 g/mol. The number of benzene rings is 2. The number of hydrogen-bond acceptors (Lipinski definition) is 5. The summed E-state index contributed by atoms with van der Waals surface area (Å²) in [7, 11) is 0. The minimum Gasteiger partial charge on any atom is -0.494 e. The summed E-state index contributed by atoms with van der Waals surface area (Å²) in [5.41, 5.74) is 4.71. The monoisotopic (exact) mass is 592 g/mol. The fourth-order valence-electron chi connectivity index (χ4n) is 4.50. The predicted octanol–water partition coefficient (Wildman–Crippen LogP) is 6.89. The lowest BCUT2D eigenvalue weighted by Crippen LogP contribution is -2.42. The number of unbranched alkanes of at least 4 members (excludes halogenated alkanes) is 9. The normalized spacial score (nSPS) is 10.8. The molecule has 0 spiro atoms. The zero-order valence-electron chi connectivity index (χ0n) is 26.2. The second kappa shape index (κ2) is 22.7. The van der Waals surface area contributed by atoms with Gasteiger partial charge in [-0.1, -0.05) is 95.0 Å². The van der Waals surface area contributed by atoms with Crippen molar-refractivity contribution in [1.29, 1.82) is 0 Å². The van der Waals surface area contributed by atoms with Crippen LogP contribution in [0.4, 0.5) is 5.69 Å². The smallest absolute Gasteiger partial charge is 0.260 e. The highest BCUT2D eigenvalue weighted by molar-refractivity contribution is 5.94. The summed E-state index contributed by atoms with van der Waals surface area (Å²) in [6, 6.07) is 16.8. The van der Waals surface area contributed by atoms with Gasteiger partial charge in [0.15, 0.2) is 0 Å². The number of hydrazine groups is 1. The topological polar surface area (TPSA) is 99.8 Å². The van der Waals surface area contributed by atoms with Crippen LogP contribution >= 0.6 is 0 Å². The largest absolute Gasteiger partial charge is 0.494 e. The summed E-state index contributed by atoms with van der Waals surface area (Å²) in [5.74, 6) is 0.187. The third-order valence-corrected chi connectivity index (χ3v) is 7.05. The molecule has 43 heavy (non-hydrogen) atoms. The van der Waals surface area contributed by atoms with Gasteiger partial charge in [-0.2, -0.15) is 0 Å². The molecule has 2 aromatic rings. The van der Waals surface area contributed by atoms with Crippen LogP contribution in [0.25, 0.3) is 6.08 Å². The molecule has 0 atom stereocenters. The van der Waals surface area contributed by atoms with Gasteiger partial charge in [0.05, 0.1) is 18.8 Å². The summed E-state index contributed by atoms with van der Waals surface area (Å²) in [6.07, 6.45) is 17.1. The maximum Gasteiger partial charge on any atom is 0.260 e. The van der Waals surface area contributed by atoms with Crippen LogP contribution in [0.3, 0.4) is 0 Å². The molecule has 2 rings (SSSR count). The Balaban J connectivity index is 1.54. The number of likely N-dealkylation sites (N-methyl/N-ethyl adjacent to an activating group) is 1. The number of nitrogens with zero attached hydrogens (tertiary/aromatic N) is 1. The van der Waals surface area contributed by atoms with E-state index >= 15 is 0 Å². The van der Waals surface area contributed by atoms with Crippen molar-refractivity contribution in [2.75, 3.05) is 31.7 Å². The Morgan fingerprint density at radius 2 is 1.42 bits per heavy atom. The maximum absolute atomic E-state index is 12.6. The van der Waals surface area contributed by atoms with Crippen molar-refractivity contribution in [2.45, 2.75) is 90.9 Å². The number of hydrogen-bond donors (Lipinski definition) is 3. The van der Waals surface area contributed by atoms with Crippen LogP contribution in [0.5, 0.6) is 5.75 Å². The molecule has 0 saturated heterocycles. The molecule has 0 aliphatic carbocycles. The van der Waals surface area contributed by atoms with E-state index in [4.69, 9.17) is 4.74 Å². The molecule has 0 aliphatic rings. The van der Waals surface area contributed by atoms with Crippen LogP contribution in [0.2, 0.25) is 0 Å². The average Bonchev–Trinajstić information content (AvgIpc) is 3.03. The quantitative estimate of drug-likeness (QED) is 0.0742. The van der Waals surface area contributed by atoms with Gasteiger partial charge in [-0.3, -0.25) is 24.8 Å². The van der Waals surface area contributed by atoms with Gasteiger partial charge in [-0.05, 0) is 55.7 Å². The second-order valence-corrected chi connectivity index (χ2v) is 10.7. The molecule has 0 fully saturated rings. The van der Waals surface area contributed by atoms with Crippen LogP contribution in [-0.2, 0) is 14.4 Å². The Labute approximate surface area is 258 Å². The molecule has 0 heterocycles. The highest BCUT2D eigenvalue weighted by Crippen LogP contribution is 2.17. The van der Waals surface area contributed by atoms with E-state index in [1.807, 2.05) is 61.5 Å². The van der Waals surface area contributed by atoms with Crippen molar-refractivity contribution in [3.63, 3.8) is 0 Å². The first kappa shape index (κ1) is 35.4. The Morgan fingerprint density at radius 1 is 0.767 bits per heavy atom. The number of ether oxygens (including phenoxy) is 1. The van der Waals surface area contributed by atoms with Gasteiger partial charge in [0.25, 0.3) is 5.91 Å². The van der Waals surface area contributed by atoms with Crippen LogP contribution < -0.4 is 20.8 Å². The molecule has 8 heteroatoms. The number of amides is 3. The summed E-state index contributed by atoms with van der Waals surface area (Å²) in [6.45, 7) is 5.61. The minimum absolute atomic E-state index is 0.0757. The van der Waals surface area contributed by atoms with Gasteiger partial charge in [-0.25, -0.2) is 0 Å². The molecular formula is C35H52N4O4. The first-order valence-corrected chi connectivity index (χ1v) is 16.1. The van der Waals surface area contributed by atoms with Gasteiger partial charge in [0, 0.05) is 25.6 Å². The number of rotatable bonds is 23. The van der Waals surface area contributed by atoms with Crippen molar-refractivity contribution >= 4 is 29.5 Å². The zero-order chi connectivity index (χ0) is 31.0. The number of carbonyl (C=O) groups is 3. The molecule has 0 radical (unpaired) electrons. The second-order valence-electron chi connectivity index (χ2n) is 10.7. The van der Waals surface area contributed by atoms with E-state index in [9.17, 15) is 14.4 Å². The van der Waals surface area contributed by atoms with E-state index < -0.39 is 0 Å². The third-order valence-electron chi connectivity index (χ3n) is 7.05. The number of nitrogens with one attached hydrogen (secondary N) is 3. The fourth-order valence-corrected chi connectivity index (χ4v) is 4.50. The lowest BCUT2D eigenvalue weighted by atomic mass is 10.1. The Hall–Kier alpha value is -3.81. The van der Waals surface area contributed by atoms with E-state index in [1.165, 1.54) is 68.9 Å². The van der Waals surface area contributed by atoms with Gasteiger partial charge in [0.1, 0.15) is 5.75 Å². The number of anilines is 1. The van der Waals surface area contributed by atoms with Crippen LogP contribution in [0.1, 0.15) is 96.5 Å². The molecule has 236 valence electrons. The molecule has 0 aliphatic heterocycles. The Morgan fingerprint density at radius 3 is 2.07 bits per heavy atom. The molecule has 0 aromatic heterocycles. The van der Waals surface area contributed by atoms with Gasteiger partial charge in [-0.15, -0.1) is 0 Å².